The van der Waals surface area contributed by atoms with E-state index >= 15 is 0 Å². The van der Waals surface area contributed by atoms with Crippen molar-refractivity contribution in [1.29, 1.82) is 0 Å². The van der Waals surface area contributed by atoms with Gasteiger partial charge >= 0.3 is 0 Å². The SMILES string of the molecule is CCCn1c(NC(=O)Cn2nc(C)c3c(-c4cccc(C)c4)ccnc32)nc2ccccc21. The van der Waals surface area contributed by atoms with Crippen LogP contribution in [0.1, 0.15) is 24.6 Å². The van der Waals surface area contributed by atoms with Crippen molar-refractivity contribution < 1.29 is 4.79 Å². The zero-order chi connectivity index (χ0) is 22.9. The van der Waals surface area contributed by atoms with Crippen molar-refractivity contribution >= 4 is 33.9 Å². The number of amides is 1. The molecule has 0 radical (unpaired) electrons. The molecule has 0 aliphatic heterocycles. The molecule has 7 heteroatoms. The zero-order valence-electron chi connectivity index (χ0n) is 19.0. The van der Waals surface area contributed by atoms with E-state index in [4.69, 9.17) is 0 Å². The molecule has 0 fully saturated rings. The number of anilines is 1. The standard InChI is InChI=1S/C26H26N6O/c1-4-14-31-22-11-6-5-10-21(22)28-26(31)29-23(33)16-32-25-24(18(3)30-32)20(12-13-27-25)19-9-7-8-17(2)15-19/h5-13,15H,4,14,16H2,1-3H3,(H,28,29,33). The van der Waals surface area contributed by atoms with Crippen LogP contribution in [0.4, 0.5) is 5.95 Å². The number of carbonyl (C=O) groups is 1. The minimum absolute atomic E-state index is 0.0595. The molecule has 0 spiro atoms. The Morgan fingerprint density at radius 1 is 1.06 bits per heavy atom. The molecule has 0 saturated carbocycles. The molecule has 0 saturated heterocycles. The summed E-state index contributed by atoms with van der Waals surface area (Å²) in [5.74, 6) is 0.375. The smallest absolute Gasteiger partial charge is 0.248 e. The van der Waals surface area contributed by atoms with Crippen LogP contribution in [0.25, 0.3) is 33.2 Å². The number of rotatable bonds is 6. The monoisotopic (exact) mass is 438 g/mol. The van der Waals surface area contributed by atoms with E-state index in [1.54, 1.807) is 10.9 Å². The number of nitrogens with one attached hydrogen (secondary N) is 1. The number of nitrogens with zero attached hydrogens (tertiary/aromatic N) is 5. The molecule has 5 rings (SSSR count). The van der Waals surface area contributed by atoms with Gasteiger partial charge in [0.15, 0.2) is 5.65 Å². The van der Waals surface area contributed by atoms with E-state index in [9.17, 15) is 4.79 Å². The van der Waals surface area contributed by atoms with Crippen LogP contribution in [0.2, 0.25) is 0 Å². The highest BCUT2D eigenvalue weighted by atomic mass is 16.2. The minimum Gasteiger partial charge on any atom is -0.310 e. The van der Waals surface area contributed by atoms with Crippen molar-refractivity contribution in [3.63, 3.8) is 0 Å². The summed E-state index contributed by atoms with van der Waals surface area (Å²) in [6, 6.07) is 18.3. The van der Waals surface area contributed by atoms with Gasteiger partial charge in [0.05, 0.1) is 16.7 Å². The summed E-state index contributed by atoms with van der Waals surface area (Å²) < 4.78 is 3.72. The second-order valence-electron chi connectivity index (χ2n) is 8.29. The third-order valence-corrected chi connectivity index (χ3v) is 5.78. The number of imidazole rings is 1. The lowest BCUT2D eigenvalue weighted by atomic mass is 10.0. The highest BCUT2D eigenvalue weighted by molar-refractivity contribution is 5.96. The van der Waals surface area contributed by atoms with E-state index in [0.717, 1.165) is 46.2 Å². The summed E-state index contributed by atoms with van der Waals surface area (Å²) >= 11 is 0. The van der Waals surface area contributed by atoms with Gasteiger partial charge < -0.3 is 4.57 Å². The topological polar surface area (TPSA) is 77.6 Å². The van der Waals surface area contributed by atoms with Gasteiger partial charge in [-0.15, -0.1) is 0 Å². The largest absolute Gasteiger partial charge is 0.310 e. The maximum atomic E-state index is 13.0. The number of aromatic nitrogens is 5. The van der Waals surface area contributed by atoms with Crippen LogP contribution in [-0.4, -0.2) is 30.2 Å². The Morgan fingerprint density at radius 2 is 1.91 bits per heavy atom. The zero-order valence-corrected chi connectivity index (χ0v) is 19.0. The molecule has 0 unspecified atom stereocenters. The summed E-state index contributed by atoms with van der Waals surface area (Å²) in [6.07, 6.45) is 2.72. The average Bonchev–Trinajstić information content (AvgIpc) is 3.31. The quantitative estimate of drug-likeness (QED) is 0.399. The van der Waals surface area contributed by atoms with Crippen LogP contribution >= 0.6 is 0 Å². The lowest BCUT2D eigenvalue weighted by Gasteiger charge is -2.09. The van der Waals surface area contributed by atoms with Gasteiger partial charge in [-0.3, -0.25) is 10.1 Å². The summed E-state index contributed by atoms with van der Waals surface area (Å²) in [5, 5.41) is 8.60. The highest BCUT2D eigenvalue weighted by Crippen LogP contribution is 2.30. The molecule has 7 nitrogen and oxygen atoms in total. The maximum absolute atomic E-state index is 13.0. The molecule has 0 bridgehead atoms. The average molecular weight is 439 g/mol. The highest BCUT2D eigenvalue weighted by Gasteiger charge is 2.18. The fourth-order valence-corrected chi connectivity index (χ4v) is 4.37. The molecule has 1 amide bonds. The van der Waals surface area contributed by atoms with E-state index in [1.165, 1.54) is 5.56 Å². The second kappa shape index (κ2) is 8.50. The lowest BCUT2D eigenvalue weighted by Crippen LogP contribution is -2.22. The van der Waals surface area contributed by atoms with Crippen LogP contribution in [-0.2, 0) is 17.9 Å². The second-order valence-corrected chi connectivity index (χ2v) is 8.29. The number of carbonyl (C=O) groups excluding carboxylic acids is 1. The van der Waals surface area contributed by atoms with Crippen molar-refractivity contribution in [3.05, 3.63) is 72.1 Å². The summed E-state index contributed by atoms with van der Waals surface area (Å²) in [6.45, 7) is 6.98. The fraction of sp³-hybridized carbons (Fsp3) is 0.231. The molecule has 5 aromatic rings. The number of benzene rings is 2. The number of hydrogen-bond donors (Lipinski definition) is 1. The number of aryl methyl sites for hydroxylation is 3. The number of para-hydroxylation sites is 2. The Morgan fingerprint density at radius 3 is 2.73 bits per heavy atom. The minimum atomic E-state index is -0.185. The molecule has 33 heavy (non-hydrogen) atoms. The van der Waals surface area contributed by atoms with E-state index in [2.05, 4.69) is 52.4 Å². The molecular weight excluding hydrogens is 412 g/mol. The van der Waals surface area contributed by atoms with E-state index in [1.807, 2.05) is 47.9 Å². The Labute approximate surface area is 192 Å². The number of hydrogen-bond acceptors (Lipinski definition) is 4. The predicted molar refractivity (Wildman–Crippen MR) is 131 cm³/mol. The predicted octanol–water partition coefficient (Wildman–Crippen LogP) is 5.11. The van der Waals surface area contributed by atoms with Crippen molar-refractivity contribution in [3.8, 4) is 11.1 Å². The van der Waals surface area contributed by atoms with Gasteiger partial charge in [-0.25, -0.2) is 14.6 Å². The molecule has 0 atom stereocenters. The first kappa shape index (κ1) is 20.9. The molecule has 0 aliphatic rings. The first-order valence-electron chi connectivity index (χ1n) is 11.2. The van der Waals surface area contributed by atoms with Crippen LogP contribution < -0.4 is 5.32 Å². The van der Waals surface area contributed by atoms with Crippen molar-refractivity contribution in [1.82, 2.24) is 24.3 Å². The fourth-order valence-electron chi connectivity index (χ4n) is 4.37. The molecule has 2 aromatic carbocycles. The van der Waals surface area contributed by atoms with Gasteiger partial charge in [0.25, 0.3) is 0 Å². The normalized spacial score (nSPS) is 11.4. The van der Waals surface area contributed by atoms with Gasteiger partial charge in [-0.1, -0.05) is 48.9 Å². The summed E-state index contributed by atoms with van der Waals surface area (Å²) in [4.78, 5) is 22.2. The van der Waals surface area contributed by atoms with Crippen LogP contribution in [0.3, 0.4) is 0 Å². The number of pyridine rings is 1. The number of fused-ring (bicyclic) bond motifs is 2. The third-order valence-electron chi connectivity index (χ3n) is 5.78. The van der Waals surface area contributed by atoms with Crippen LogP contribution in [0.15, 0.2) is 60.8 Å². The maximum Gasteiger partial charge on any atom is 0.248 e. The Bertz CT molecular complexity index is 1480. The van der Waals surface area contributed by atoms with Crippen LogP contribution in [0, 0.1) is 13.8 Å². The molecule has 0 aliphatic carbocycles. The van der Waals surface area contributed by atoms with E-state index in [-0.39, 0.29) is 12.5 Å². The van der Waals surface area contributed by atoms with Gasteiger partial charge in [0.1, 0.15) is 6.54 Å². The molecular formula is C26H26N6O. The summed E-state index contributed by atoms with van der Waals surface area (Å²) in [5.41, 5.74) is 6.80. The molecule has 166 valence electrons. The summed E-state index contributed by atoms with van der Waals surface area (Å²) in [7, 11) is 0. The Kier molecular flexibility index (Phi) is 5.38. The van der Waals surface area contributed by atoms with Gasteiger partial charge in [-0.2, -0.15) is 5.10 Å². The first-order valence-corrected chi connectivity index (χ1v) is 11.2. The van der Waals surface area contributed by atoms with Crippen molar-refractivity contribution in [2.75, 3.05) is 5.32 Å². The molecule has 1 N–H and O–H groups in total. The third kappa shape index (κ3) is 3.86. The van der Waals surface area contributed by atoms with E-state index in [0.29, 0.717) is 11.6 Å². The van der Waals surface area contributed by atoms with Gasteiger partial charge in [0, 0.05) is 18.1 Å². The van der Waals surface area contributed by atoms with E-state index < -0.39 is 0 Å². The molecule has 3 aromatic heterocycles. The Hall–Kier alpha value is -4.00. The Balaban J connectivity index is 1.47. The van der Waals surface area contributed by atoms with Crippen LogP contribution in [0.5, 0.6) is 0 Å². The van der Waals surface area contributed by atoms with Gasteiger partial charge in [0.2, 0.25) is 11.9 Å². The van der Waals surface area contributed by atoms with Crippen molar-refractivity contribution in [2.45, 2.75) is 40.3 Å². The molecule has 3 heterocycles. The van der Waals surface area contributed by atoms with Crippen molar-refractivity contribution in [2.24, 2.45) is 0 Å². The lowest BCUT2D eigenvalue weighted by molar-refractivity contribution is -0.116. The van der Waals surface area contributed by atoms with Gasteiger partial charge in [-0.05, 0) is 49.6 Å². The first-order chi connectivity index (χ1) is 16.0.